The molecule has 12 nitrogen and oxygen atoms in total. The van der Waals surface area contributed by atoms with Gasteiger partial charge in [-0.2, -0.15) is 0 Å². The molecule has 44 heavy (non-hydrogen) atoms. The number of carboxylic acid groups (broad SMARTS) is 1. The van der Waals surface area contributed by atoms with Gasteiger partial charge >= 0.3 is 6.09 Å². The molecule has 1 spiro atoms. The van der Waals surface area contributed by atoms with Crippen LogP contribution in [0.5, 0.6) is 5.75 Å². The minimum atomic E-state index is -0.917. The molecule has 6 heterocycles. The summed E-state index contributed by atoms with van der Waals surface area (Å²) in [5.74, 6) is 2.74. The minimum Gasteiger partial charge on any atom is -0.486 e. The number of fused-ring (bicyclic) bond motifs is 3. The van der Waals surface area contributed by atoms with E-state index in [-0.39, 0.29) is 24.2 Å². The lowest BCUT2D eigenvalue weighted by Crippen LogP contribution is -2.61. The lowest BCUT2D eigenvalue weighted by molar-refractivity contribution is 0.00840. The zero-order valence-electron chi connectivity index (χ0n) is 26.2. The van der Waals surface area contributed by atoms with Crippen LogP contribution in [-0.4, -0.2) is 106 Å². The maximum absolute atomic E-state index is 12.4. The highest BCUT2D eigenvalue weighted by atomic mass is 32.2. The first-order valence-corrected chi connectivity index (χ1v) is 16.3. The third kappa shape index (κ3) is 5.67. The van der Waals surface area contributed by atoms with Crippen molar-refractivity contribution in [1.29, 1.82) is 0 Å². The Kier molecular flexibility index (Phi) is 8.59. The lowest BCUT2D eigenvalue weighted by atomic mass is 9.71. The highest BCUT2D eigenvalue weighted by Crippen LogP contribution is 2.48. The molecular weight excluding hydrogens is 584 g/mol. The average molecular weight is 629 g/mol. The second kappa shape index (κ2) is 12.1. The van der Waals surface area contributed by atoms with E-state index >= 15 is 0 Å². The maximum Gasteiger partial charge on any atom is 0.408 e. The van der Waals surface area contributed by atoms with Gasteiger partial charge in [-0.1, -0.05) is 11.8 Å². The van der Waals surface area contributed by atoms with E-state index in [2.05, 4.69) is 14.8 Å². The number of aliphatic hydroxyl groups excluding tert-OH is 1. The standard InChI is InChI=1S/C31H44N6O6S/c1-19-26(37(29(39)40)30(2,3)4)31(18-43-19)7-10-35(11-8-31)27-22(15-38)34-24(13-33-27)44-23-6-9-32-28-25(23)42-17-21-12-20(16-41-5)14-36(21)28/h6,9,13,19-21,26,38H,7-8,10-12,14-18H2,1-5H3,(H,39,40)/t19-,20?,21-,26+/m0/s1. The highest BCUT2D eigenvalue weighted by Gasteiger charge is 2.55. The van der Waals surface area contributed by atoms with Crippen molar-refractivity contribution >= 4 is 29.5 Å². The number of piperidine rings is 1. The van der Waals surface area contributed by atoms with Crippen LogP contribution < -0.4 is 14.5 Å². The van der Waals surface area contributed by atoms with E-state index in [9.17, 15) is 15.0 Å². The van der Waals surface area contributed by atoms with Gasteiger partial charge in [0.1, 0.15) is 17.3 Å². The van der Waals surface area contributed by atoms with Gasteiger partial charge in [0.2, 0.25) is 0 Å². The molecule has 0 bridgehead atoms. The molecule has 1 unspecified atom stereocenters. The Labute approximate surface area is 263 Å². The molecular formula is C31H44N6O6S. The Morgan fingerprint density at radius 2 is 2.02 bits per heavy atom. The molecule has 0 aliphatic carbocycles. The van der Waals surface area contributed by atoms with Gasteiger partial charge in [-0.05, 0) is 53.0 Å². The Hall–Kier alpha value is -2.87. The molecule has 4 atom stereocenters. The van der Waals surface area contributed by atoms with Crippen LogP contribution in [0.4, 0.5) is 16.4 Å². The van der Waals surface area contributed by atoms with Crippen molar-refractivity contribution < 1.29 is 29.2 Å². The van der Waals surface area contributed by atoms with E-state index < -0.39 is 11.6 Å². The molecule has 4 aliphatic rings. The Bertz CT molecular complexity index is 1370. The highest BCUT2D eigenvalue weighted by molar-refractivity contribution is 7.99. The van der Waals surface area contributed by atoms with Crippen LogP contribution in [0.15, 0.2) is 28.4 Å². The first-order chi connectivity index (χ1) is 21.0. The minimum absolute atomic E-state index is 0.188. The number of amides is 1. The zero-order valence-corrected chi connectivity index (χ0v) is 27.0. The van der Waals surface area contributed by atoms with Gasteiger partial charge in [-0.15, -0.1) is 0 Å². The molecule has 0 radical (unpaired) electrons. The van der Waals surface area contributed by atoms with Crippen LogP contribution in [0.1, 0.15) is 52.7 Å². The summed E-state index contributed by atoms with van der Waals surface area (Å²) in [5.41, 5.74) is -0.304. The van der Waals surface area contributed by atoms with Gasteiger partial charge in [0.25, 0.3) is 0 Å². The summed E-state index contributed by atoms with van der Waals surface area (Å²) >= 11 is 1.46. The molecule has 0 saturated carbocycles. The normalized spacial score (nSPS) is 26.0. The number of aromatic nitrogens is 3. The molecule has 2 aromatic rings. The molecule has 240 valence electrons. The van der Waals surface area contributed by atoms with Crippen LogP contribution in [0, 0.1) is 11.3 Å². The van der Waals surface area contributed by atoms with Crippen molar-refractivity contribution in [3.63, 3.8) is 0 Å². The number of ether oxygens (including phenoxy) is 3. The van der Waals surface area contributed by atoms with Gasteiger partial charge in [0.05, 0.1) is 49.1 Å². The number of carbonyl (C=O) groups is 1. The number of hydrogen-bond acceptors (Lipinski definition) is 11. The van der Waals surface area contributed by atoms with Gasteiger partial charge in [-0.3, -0.25) is 4.90 Å². The summed E-state index contributed by atoms with van der Waals surface area (Å²) in [5, 5.41) is 21.2. The topological polar surface area (TPSA) is 134 Å². The number of anilines is 2. The fourth-order valence-corrected chi connectivity index (χ4v) is 8.48. The van der Waals surface area contributed by atoms with Crippen LogP contribution in [0.25, 0.3) is 0 Å². The van der Waals surface area contributed by atoms with Crippen molar-refractivity contribution in [3.05, 3.63) is 24.2 Å². The molecule has 2 aromatic heterocycles. The fourth-order valence-electron chi connectivity index (χ4n) is 7.63. The monoisotopic (exact) mass is 628 g/mol. The van der Waals surface area contributed by atoms with E-state index in [1.165, 1.54) is 11.8 Å². The molecule has 6 rings (SSSR count). The van der Waals surface area contributed by atoms with Crippen molar-refractivity contribution in [2.24, 2.45) is 11.3 Å². The first-order valence-electron chi connectivity index (χ1n) is 15.5. The summed E-state index contributed by atoms with van der Waals surface area (Å²) < 4.78 is 17.7. The van der Waals surface area contributed by atoms with E-state index in [0.717, 1.165) is 48.9 Å². The summed E-state index contributed by atoms with van der Waals surface area (Å²) in [4.78, 5) is 33.6. The average Bonchev–Trinajstić information content (AvgIpc) is 3.54. The van der Waals surface area contributed by atoms with Gasteiger partial charge in [0, 0.05) is 49.8 Å². The Morgan fingerprint density at radius 1 is 1.25 bits per heavy atom. The number of hydrogen-bond donors (Lipinski definition) is 2. The summed E-state index contributed by atoms with van der Waals surface area (Å²) in [7, 11) is 1.74. The van der Waals surface area contributed by atoms with E-state index in [1.807, 2.05) is 33.8 Å². The zero-order chi connectivity index (χ0) is 31.2. The van der Waals surface area contributed by atoms with Crippen LogP contribution in [0.2, 0.25) is 0 Å². The van der Waals surface area contributed by atoms with Crippen LogP contribution in [0.3, 0.4) is 0 Å². The predicted molar refractivity (Wildman–Crippen MR) is 166 cm³/mol. The number of nitrogens with zero attached hydrogens (tertiary/aromatic N) is 6. The summed E-state index contributed by atoms with van der Waals surface area (Å²) in [6.45, 7) is 11.7. The number of pyridine rings is 1. The SMILES string of the molecule is COCC1C[C@H]2COc3c(Sc4cnc(N5CCC6(CC5)CO[C@@H](C)[C@H]6N(C(=O)O)C(C)(C)C)c(CO)n4)ccnc3N2C1. The molecule has 1 amide bonds. The van der Waals surface area contributed by atoms with E-state index in [0.29, 0.717) is 54.8 Å². The first kappa shape index (κ1) is 31.1. The quantitative estimate of drug-likeness (QED) is 0.461. The number of rotatable bonds is 7. The van der Waals surface area contributed by atoms with E-state index in [4.69, 9.17) is 24.2 Å². The largest absolute Gasteiger partial charge is 0.486 e. The molecule has 0 aromatic carbocycles. The molecule has 2 N–H and O–H groups in total. The number of aliphatic hydroxyl groups is 1. The molecule has 3 fully saturated rings. The molecule has 13 heteroatoms. The molecule has 3 saturated heterocycles. The second-order valence-electron chi connectivity index (χ2n) is 13.5. The Balaban J connectivity index is 1.17. The van der Waals surface area contributed by atoms with Gasteiger partial charge in [-0.25, -0.2) is 19.7 Å². The number of methoxy groups -OCH3 is 1. The summed E-state index contributed by atoms with van der Waals surface area (Å²) in [6, 6.07) is 2.00. The predicted octanol–water partition coefficient (Wildman–Crippen LogP) is 3.90. The third-order valence-electron chi connectivity index (χ3n) is 9.58. The van der Waals surface area contributed by atoms with Crippen molar-refractivity contribution in [2.45, 2.75) is 87.2 Å². The van der Waals surface area contributed by atoms with Crippen molar-refractivity contribution in [2.75, 3.05) is 56.4 Å². The van der Waals surface area contributed by atoms with E-state index in [1.54, 1.807) is 24.4 Å². The van der Waals surface area contributed by atoms with Gasteiger partial charge in [0.15, 0.2) is 17.4 Å². The van der Waals surface area contributed by atoms with Crippen LogP contribution >= 0.6 is 11.8 Å². The smallest absolute Gasteiger partial charge is 0.408 e. The van der Waals surface area contributed by atoms with Crippen molar-refractivity contribution in [1.82, 2.24) is 19.9 Å². The van der Waals surface area contributed by atoms with Gasteiger partial charge < -0.3 is 34.2 Å². The molecule has 4 aliphatic heterocycles. The fraction of sp³-hybridized carbons (Fsp3) is 0.677. The maximum atomic E-state index is 12.4. The second-order valence-corrected chi connectivity index (χ2v) is 14.6. The third-order valence-corrected chi connectivity index (χ3v) is 10.5. The van der Waals surface area contributed by atoms with Crippen molar-refractivity contribution in [3.8, 4) is 5.75 Å². The van der Waals surface area contributed by atoms with Crippen LogP contribution in [-0.2, 0) is 16.1 Å². The Morgan fingerprint density at radius 3 is 2.70 bits per heavy atom. The summed E-state index contributed by atoms with van der Waals surface area (Å²) in [6.07, 6.45) is 5.00. The lowest BCUT2D eigenvalue weighted by Gasteiger charge is -2.49.